The lowest BCUT2D eigenvalue weighted by atomic mass is 9.88. The normalized spacial score (nSPS) is 13.7. The van der Waals surface area contributed by atoms with E-state index in [4.69, 9.17) is 0 Å². The Morgan fingerprint density at radius 1 is 1.07 bits per heavy atom. The molecule has 5 nitrogen and oxygen atoms in total. The number of benzene rings is 2. The molecule has 0 saturated heterocycles. The fourth-order valence-electron chi connectivity index (χ4n) is 3.44. The minimum Gasteiger partial charge on any atom is -0.200 e. The molecule has 1 heterocycles. The number of fused-ring (bicyclic) bond motifs is 3. The molecule has 2 aromatic carbocycles. The van der Waals surface area contributed by atoms with Crippen LogP contribution in [0, 0.1) is 6.92 Å². The van der Waals surface area contributed by atoms with Crippen molar-refractivity contribution in [1.29, 1.82) is 0 Å². The van der Waals surface area contributed by atoms with E-state index in [0.717, 1.165) is 15.9 Å². The molecule has 0 fully saturated rings. The summed E-state index contributed by atoms with van der Waals surface area (Å²) in [6.07, 6.45) is -4.12. The maximum Gasteiger partial charge on any atom is 0.435 e. The number of hydrogen-bond donors (Lipinski definition) is 1. The number of hydrogen-bond acceptors (Lipinski definition) is 3. The van der Waals surface area contributed by atoms with Crippen molar-refractivity contribution in [2.45, 2.75) is 30.8 Å². The minimum atomic E-state index is -4.68. The largest absolute Gasteiger partial charge is 0.435 e. The van der Waals surface area contributed by atoms with Gasteiger partial charge in [-0.25, -0.2) is 0 Å². The highest BCUT2D eigenvalue weighted by Crippen LogP contribution is 2.41. The zero-order chi connectivity index (χ0) is 20.1. The summed E-state index contributed by atoms with van der Waals surface area (Å²) in [6.45, 7) is 1.90. The predicted molar refractivity (Wildman–Crippen MR) is 97.8 cm³/mol. The molecule has 0 saturated carbocycles. The Bertz CT molecular complexity index is 1150. The highest BCUT2D eigenvalue weighted by molar-refractivity contribution is 7.92. The van der Waals surface area contributed by atoms with Crippen molar-refractivity contribution < 1.29 is 21.6 Å². The van der Waals surface area contributed by atoms with Gasteiger partial charge in [-0.2, -0.15) is 31.2 Å². The average molecular weight is 407 g/mol. The van der Waals surface area contributed by atoms with Gasteiger partial charge in [0.1, 0.15) is 0 Å². The fraction of sp³-hybridized carbons (Fsp3) is 0.211. The summed E-state index contributed by atoms with van der Waals surface area (Å²) in [5, 5.41) is 3.60. The molecule has 0 atom stereocenters. The molecule has 0 bridgehead atoms. The molecule has 1 N–H and O–H groups in total. The van der Waals surface area contributed by atoms with Crippen LogP contribution in [0.4, 0.5) is 13.2 Å². The van der Waals surface area contributed by atoms with Crippen molar-refractivity contribution in [2.24, 2.45) is 0 Å². The summed E-state index contributed by atoms with van der Waals surface area (Å²) >= 11 is 0. The predicted octanol–water partition coefficient (Wildman–Crippen LogP) is 3.91. The second-order valence-corrected chi connectivity index (χ2v) is 8.31. The Kier molecular flexibility index (Phi) is 4.22. The van der Waals surface area contributed by atoms with Gasteiger partial charge < -0.3 is 0 Å². The zero-order valence-electron chi connectivity index (χ0n) is 14.8. The molecule has 0 aliphatic heterocycles. The van der Waals surface area contributed by atoms with E-state index < -0.39 is 21.9 Å². The van der Waals surface area contributed by atoms with E-state index in [2.05, 4.69) is 9.93 Å². The van der Waals surface area contributed by atoms with Crippen LogP contribution in [0.2, 0.25) is 0 Å². The van der Waals surface area contributed by atoms with Crippen molar-refractivity contribution >= 4 is 10.0 Å². The van der Waals surface area contributed by atoms with Crippen LogP contribution in [0.15, 0.2) is 53.4 Å². The number of halogens is 3. The van der Waals surface area contributed by atoms with Crippen molar-refractivity contribution in [2.75, 3.05) is 4.83 Å². The maximum absolute atomic E-state index is 13.5. The second kappa shape index (κ2) is 6.37. The van der Waals surface area contributed by atoms with E-state index in [-0.39, 0.29) is 22.6 Å². The Hall–Kier alpha value is -2.81. The molecular weight excluding hydrogens is 391 g/mol. The lowest BCUT2D eigenvalue weighted by Crippen LogP contribution is -2.26. The highest BCUT2D eigenvalue weighted by atomic mass is 32.2. The fourth-order valence-corrected chi connectivity index (χ4v) is 4.42. The molecule has 146 valence electrons. The molecule has 3 aromatic rings. The van der Waals surface area contributed by atoms with Gasteiger partial charge in [-0.3, -0.25) is 0 Å². The summed E-state index contributed by atoms with van der Waals surface area (Å²) in [6, 6.07) is 12.8. The smallest absolute Gasteiger partial charge is 0.200 e. The first-order valence-electron chi connectivity index (χ1n) is 8.54. The molecule has 0 unspecified atom stereocenters. The Balaban J connectivity index is 1.89. The first-order valence-corrected chi connectivity index (χ1v) is 10.0. The van der Waals surface area contributed by atoms with Crippen molar-refractivity contribution in [1.82, 2.24) is 9.89 Å². The summed E-state index contributed by atoms with van der Waals surface area (Å²) in [5.41, 5.74) is 1.46. The van der Waals surface area contributed by atoms with Crippen LogP contribution in [-0.2, 0) is 29.0 Å². The number of alkyl halides is 3. The summed E-state index contributed by atoms with van der Waals surface area (Å²) in [4.78, 5) is 2.87. The lowest BCUT2D eigenvalue weighted by Gasteiger charge is -2.20. The first-order chi connectivity index (χ1) is 13.2. The van der Waals surface area contributed by atoms with Crippen LogP contribution in [-0.4, -0.2) is 18.3 Å². The standard InChI is InChI=1S/C19H16F3N3O2S/c1-12-7-9-15-13(11-12)8-10-16-17(15)25(23-18(16)19(20,21)22)24-28(26,27)14-5-3-2-4-6-14/h2-7,9,11,24H,8,10H2,1H3. The monoisotopic (exact) mass is 407 g/mol. The number of aromatic nitrogens is 2. The summed E-state index contributed by atoms with van der Waals surface area (Å²) in [7, 11) is -4.11. The molecular formula is C19H16F3N3O2S. The van der Waals surface area contributed by atoms with Gasteiger partial charge in [0.05, 0.1) is 10.6 Å². The second-order valence-electron chi connectivity index (χ2n) is 6.65. The van der Waals surface area contributed by atoms with Crippen molar-refractivity contribution in [3.63, 3.8) is 0 Å². The van der Waals surface area contributed by atoms with E-state index in [0.29, 0.717) is 12.0 Å². The SMILES string of the molecule is Cc1ccc2c(c1)CCc1c(C(F)(F)F)nn(NS(=O)(=O)c3ccccc3)c1-2. The number of nitrogens with zero attached hydrogens (tertiary/aromatic N) is 2. The van der Waals surface area contributed by atoms with E-state index in [1.807, 2.05) is 13.0 Å². The summed E-state index contributed by atoms with van der Waals surface area (Å²) < 4.78 is 65.9. The molecule has 0 radical (unpaired) electrons. The van der Waals surface area contributed by atoms with E-state index >= 15 is 0 Å². The van der Waals surface area contributed by atoms with Crippen LogP contribution in [0.3, 0.4) is 0 Å². The average Bonchev–Trinajstić information content (AvgIpc) is 3.01. The van der Waals surface area contributed by atoms with E-state index in [9.17, 15) is 21.6 Å². The Labute approximate surface area is 159 Å². The number of aryl methyl sites for hydroxylation is 2. The number of rotatable bonds is 3. The highest BCUT2D eigenvalue weighted by Gasteiger charge is 2.41. The van der Waals surface area contributed by atoms with Crippen molar-refractivity contribution in [3.05, 3.63) is 70.9 Å². The van der Waals surface area contributed by atoms with Gasteiger partial charge in [-0.1, -0.05) is 42.0 Å². The third kappa shape index (κ3) is 3.15. The number of sulfonamides is 1. The van der Waals surface area contributed by atoms with E-state index in [1.165, 1.54) is 24.3 Å². The van der Waals surface area contributed by atoms with Gasteiger partial charge >= 0.3 is 6.18 Å². The van der Waals surface area contributed by atoms with Crippen LogP contribution < -0.4 is 4.83 Å². The van der Waals surface area contributed by atoms with Crippen LogP contribution >= 0.6 is 0 Å². The van der Waals surface area contributed by atoms with Crippen LogP contribution in [0.25, 0.3) is 11.3 Å². The molecule has 1 aliphatic rings. The first kappa shape index (κ1) is 18.5. The lowest BCUT2D eigenvalue weighted by molar-refractivity contribution is -0.142. The van der Waals surface area contributed by atoms with Gasteiger partial charge in [-0.05, 0) is 37.5 Å². The van der Waals surface area contributed by atoms with Crippen molar-refractivity contribution in [3.8, 4) is 11.3 Å². The number of nitrogens with one attached hydrogen (secondary N) is 1. The Morgan fingerprint density at radius 3 is 2.46 bits per heavy atom. The van der Waals surface area contributed by atoms with Gasteiger partial charge in [0.2, 0.25) is 0 Å². The molecule has 28 heavy (non-hydrogen) atoms. The molecule has 9 heteroatoms. The van der Waals surface area contributed by atoms with E-state index in [1.54, 1.807) is 18.2 Å². The van der Waals surface area contributed by atoms with Gasteiger partial charge in [-0.15, -0.1) is 5.10 Å². The van der Waals surface area contributed by atoms with Crippen LogP contribution in [0.1, 0.15) is 22.4 Å². The molecule has 1 aliphatic carbocycles. The molecule has 0 spiro atoms. The van der Waals surface area contributed by atoms with Gasteiger partial charge in [0.15, 0.2) is 5.69 Å². The topological polar surface area (TPSA) is 64.0 Å². The molecule has 0 amide bonds. The quantitative estimate of drug-likeness (QED) is 0.716. The van der Waals surface area contributed by atoms with Gasteiger partial charge in [0, 0.05) is 11.1 Å². The van der Waals surface area contributed by atoms with Crippen LogP contribution in [0.5, 0.6) is 0 Å². The Morgan fingerprint density at radius 2 is 1.79 bits per heavy atom. The molecule has 4 rings (SSSR count). The summed E-state index contributed by atoms with van der Waals surface area (Å²) in [5.74, 6) is 0. The van der Waals surface area contributed by atoms with Gasteiger partial charge in [0.25, 0.3) is 10.0 Å². The zero-order valence-corrected chi connectivity index (χ0v) is 15.6. The minimum absolute atomic E-state index is 0.000357. The molecule has 1 aromatic heterocycles. The third-order valence-electron chi connectivity index (χ3n) is 4.67. The third-order valence-corrected chi connectivity index (χ3v) is 5.98. The maximum atomic E-state index is 13.5.